The van der Waals surface area contributed by atoms with Crippen LogP contribution < -0.4 is 21.3 Å². The van der Waals surface area contributed by atoms with Crippen molar-refractivity contribution in [2.24, 2.45) is 5.92 Å². The molecule has 1 saturated carbocycles. The van der Waals surface area contributed by atoms with Gasteiger partial charge < -0.3 is 21.3 Å². The van der Waals surface area contributed by atoms with Gasteiger partial charge in [0.05, 0.1) is 6.54 Å². The van der Waals surface area contributed by atoms with Crippen LogP contribution in [0.3, 0.4) is 0 Å². The predicted molar refractivity (Wildman–Crippen MR) is 82.0 cm³/mol. The molecule has 1 heterocycles. The molecule has 0 spiro atoms. The standard InChI is InChI=1S/C15H28N4O2/c1-11-9-16-8-7-13(11)19-14(20)10-17-15(21)18-12-5-3-2-4-6-12/h11-13,16H,2-10H2,1H3,(H,19,20)(H2,17,18,21). The molecule has 2 unspecified atom stereocenters. The molecule has 2 rings (SSSR count). The second-order valence-electron chi connectivity index (χ2n) is 6.31. The van der Waals surface area contributed by atoms with Crippen molar-refractivity contribution in [3.63, 3.8) is 0 Å². The highest BCUT2D eigenvalue weighted by Gasteiger charge is 2.22. The normalized spacial score (nSPS) is 26.9. The summed E-state index contributed by atoms with van der Waals surface area (Å²) in [5, 5.41) is 11.9. The van der Waals surface area contributed by atoms with E-state index in [1.54, 1.807) is 0 Å². The molecule has 1 saturated heterocycles. The Morgan fingerprint density at radius 3 is 2.57 bits per heavy atom. The average Bonchev–Trinajstić information content (AvgIpc) is 2.49. The fraction of sp³-hybridized carbons (Fsp3) is 0.867. The Kier molecular flexibility index (Phi) is 6.29. The third-order valence-corrected chi connectivity index (χ3v) is 4.48. The summed E-state index contributed by atoms with van der Waals surface area (Å²) in [4.78, 5) is 23.6. The number of nitrogens with one attached hydrogen (secondary N) is 4. The van der Waals surface area contributed by atoms with Crippen molar-refractivity contribution in [1.29, 1.82) is 0 Å². The topological polar surface area (TPSA) is 82.3 Å². The van der Waals surface area contributed by atoms with Crippen molar-refractivity contribution in [2.75, 3.05) is 19.6 Å². The number of carbonyl (C=O) groups is 2. The van der Waals surface area contributed by atoms with Crippen LogP contribution in [0.15, 0.2) is 0 Å². The summed E-state index contributed by atoms with van der Waals surface area (Å²) in [6.45, 7) is 4.04. The highest BCUT2D eigenvalue weighted by atomic mass is 16.2. The van der Waals surface area contributed by atoms with E-state index >= 15 is 0 Å². The summed E-state index contributed by atoms with van der Waals surface area (Å²) in [6.07, 6.45) is 6.66. The molecular weight excluding hydrogens is 268 g/mol. The highest BCUT2D eigenvalue weighted by Crippen LogP contribution is 2.17. The summed E-state index contributed by atoms with van der Waals surface area (Å²) in [5.74, 6) is 0.325. The Bertz CT molecular complexity index is 356. The van der Waals surface area contributed by atoms with Gasteiger partial charge in [-0.15, -0.1) is 0 Å². The molecule has 0 bridgehead atoms. The van der Waals surface area contributed by atoms with Crippen LogP contribution in [0.5, 0.6) is 0 Å². The summed E-state index contributed by atoms with van der Waals surface area (Å²) >= 11 is 0. The van der Waals surface area contributed by atoms with Crippen LogP contribution in [0.1, 0.15) is 45.4 Å². The van der Waals surface area contributed by atoms with Gasteiger partial charge in [0.2, 0.25) is 5.91 Å². The number of hydrogen-bond acceptors (Lipinski definition) is 3. The summed E-state index contributed by atoms with van der Waals surface area (Å²) in [6, 6.07) is 0.253. The maximum absolute atomic E-state index is 11.9. The first kappa shape index (κ1) is 16.1. The molecule has 3 amide bonds. The SMILES string of the molecule is CC1CNCCC1NC(=O)CNC(=O)NC1CCCCC1. The molecule has 120 valence electrons. The lowest BCUT2D eigenvalue weighted by Crippen LogP contribution is -2.52. The molecule has 0 aromatic carbocycles. The van der Waals surface area contributed by atoms with Gasteiger partial charge in [0, 0.05) is 12.1 Å². The van der Waals surface area contributed by atoms with Crippen LogP contribution in [0.2, 0.25) is 0 Å². The molecule has 2 aliphatic rings. The van der Waals surface area contributed by atoms with E-state index in [2.05, 4.69) is 28.2 Å². The molecule has 4 N–H and O–H groups in total. The number of carbonyl (C=O) groups excluding carboxylic acids is 2. The molecule has 6 nitrogen and oxygen atoms in total. The van der Waals surface area contributed by atoms with Gasteiger partial charge in [-0.05, 0) is 38.3 Å². The van der Waals surface area contributed by atoms with Gasteiger partial charge in [-0.1, -0.05) is 26.2 Å². The van der Waals surface area contributed by atoms with Gasteiger partial charge >= 0.3 is 6.03 Å². The number of rotatable bonds is 4. The largest absolute Gasteiger partial charge is 0.351 e. The van der Waals surface area contributed by atoms with E-state index in [0.29, 0.717) is 5.92 Å². The van der Waals surface area contributed by atoms with Crippen LogP contribution in [0.4, 0.5) is 4.79 Å². The Hall–Kier alpha value is -1.30. The molecule has 2 atom stereocenters. The van der Waals surface area contributed by atoms with Gasteiger partial charge in [-0.2, -0.15) is 0 Å². The maximum atomic E-state index is 11.9. The molecule has 1 aliphatic heterocycles. The number of piperidine rings is 1. The Morgan fingerprint density at radius 2 is 1.86 bits per heavy atom. The number of hydrogen-bond donors (Lipinski definition) is 4. The van der Waals surface area contributed by atoms with Crippen LogP contribution >= 0.6 is 0 Å². The summed E-state index contributed by atoms with van der Waals surface area (Å²) in [5.41, 5.74) is 0. The monoisotopic (exact) mass is 296 g/mol. The Morgan fingerprint density at radius 1 is 1.10 bits per heavy atom. The highest BCUT2D eigenvalue weighted by molar-refractivity contribution is 5.84. The van der Waals surface area contributed by atoms with Crippen molar-refractivity contribution in [1.82, 2.24) is 21.3 Å². The van der Waals surface area contributed by atoms with Gasteiger partial charge in [0.1, 0.15) is 0 Å². The van der Waals surface area contributed by atoms with Gasteiger partial charge in [-0.25, -0.2) is 4.79 Å². The zero-order valence-corrected chi connectivity index (χ0v) is 12.9. The zero-order valence-electron chi connectivity index (χ0n) is 12.9. The number of urea groups is 1. The van der Waals surface area contributed by atoms with E-state index in [4.69, 9.17) is 0 Å². The Balaban J connectivity index is 1.62. The molecule has 1 aliphatic carbocycles. The first-order valence-electron chi connectivity index (χ1n) is 8.19. The Labute approximate surface area is 126 Å². The van der Waals surface area contributed by atoms with E-state index in [0.717, 1.165) is 32.4 Å². The van der Waals surface area contributed by atoms with E-state index in [1.807, 2.05) is 0 Å². The summed E-state index contributed by atoms with van der Waals surface area (Å²) in [7, 11) is 0. The minimum absolute atomic E-state index is 0.0508. The molecule has 0 aromatic rings. The summed E-state index contributed by atoms with van der Waals surface area (Å²) < 4.78 is 0. The molecule has 6 heteroatoms. The lowest BCUT2D eigenvalue weighted by atomic mass is 9.95. The molecule has 21 heavy (non-hydrogen) atoms. The fourth-order valence-corrected chi connectivity index (χ4v) is 3.13. The third-order valence-electron chi connectivity index (χ3n) is 4.48. The second-order valence-corrected chi connectivity index (χ2v) is 6.31. The molecule has 0 aromatic heterocycles. The minimum Gasteiger partial charge on any atom is -0.351 e. The first-order chi connectivity index (χ1) is 10.1. The zero-order chi connectivity index (χ0) is 15.1. The van der Waals surface area contributed by atoms with Crippen LogP contribution in [-0.2, 0) is 4.79 Å². The third kappa shape index (κ3) is 5.53. The molecular formula is C15H28N4O2. The smallest absolute Gasteiger partial charge is 0.315 e. The van der Waals surface area contributed by atoms with Gasteiger partial charge in [-0.3, -0.25) is 4.79 Å². The lowest BCUT2D eigenvalue weighted by Gasteiger charge is -2.30. The average molecular weight is 296 g/mol. The first-order valence-corrected chi connectivity index (χ1v) is 8.19. The fourth-order valence-electron chi connectivity index (χ4n) is 3.13. The van der Waals surface area contributed by atoms with Crippen molar-refractivity contribution in [2.45, 2.75) is 57.5 Å². The van der Waals surface area contributed by atoms with Gasteiger partial charge in [0.25, 0.3) is 0 Å². The minimum atomic E-state index is -0.226. The second kappa shape index (κ2) is 8.22. The van der Waals surface area contributed by atoms with Crippen molar-refractivity contribution < 1.29 is 9.59 Å². The van der Waals surface area contributed by atoms with Crippen molar-refractivity contribution >= 4 is 11.9 Å². The van der Waals surface area contributed by atoms with E-state index < -0.39 is 0 Å². The van der Waals surface area contributed by atoms with E-state index in [-0.39, 0.29) is 30.6 Å². The number of amides is 3. The molecule has 0 radical (unpaired) electrons. The quantitative estimate of drug-likeness (QED) is 0.617. The van der Waals surface area contributed by atoms with Crippen LogP contribution in [0, 0.1) is 5.92 Å². The van der Waals surface area contributed by atoms with Crippen LogP contribution in [-0.4, -0.2) is 43.7 Å². The molecule has 2 fully saturated rings. The van der Waals surface area contributed by atoms with Crippen molar-refractivity contribution in [3.05, 3.63) is 0 Å². The van der Waals surface area contributed by atoms with E-state index in [9.17, 15) is 9.59 Å². The van der Waals surface area contributed by atoms with Crippen LogP contribution in [0.25, 0.3) is 0 Å². The maximum Gasteiger partial charge on any atom is 0.315 e. The lowest BCUT2D eigenvalue weighted by molar-refractivity contribution is -0.121. The van der Waals surface area contributed by atoms with E-state index in [1.165, 1.54) is 19.3 Å². The predicted octanol–water partition coefficient (Wildman–Crippen LogP) is 0.733. The van der Waals surface area contributed by atoms with Gasteiger partial charge in [0.15, 0.2) is 0 Å². The van der Waals surface area contributed by atoms with Crippen molar-refractivity contribution in [3.8, 4) is 0 Å².